The van der Waals surface area contributed by atoms with Crippen LogP contribution in [0.25, 0.3) is 0 Å². The molecular weight excluding hydrogens is 517 g/mol. The minimum atomic E-state index is -0.454. The lowest BCUT2D eigenvalue weighted by molar-refractivity contribution is -0.0734. The van der Waals surface area contributed by atoms with Crippen molar-refractivity contribution >= 4 is 46.4 Å². The number of para-hydroxylation sites is 1. The van der Waals surface area contributed by atoms with Crippen LogP contribution in [0.2, 0.25) is 10.0 Å². The fourth-order valence-corrected chi connectivity index (χ4v) is 4.99. The number of anilines is 3. The molecule has 1 aromatic carbocycles. The monoisotopic (exact) mass is 543 g/mol. The zero-order chi connectivity index (χ0) is 25.4. The molecule has 2 aromatic heterocycles. The summed E-state index contributed by atoms with van der Waals surface area (Å²) in [7, 11) is 0. The van der Waals surface area contributed by atoms with E-state index in [4.69, 9.17) is 32.7 Å². The van der Waals surface area contributed by atoms with Gasteiger partial charge in [0.25, 0.3) is 5.91 Å². The third-order valence-electron chi connectivity index (χ3n) is 6.87. The molecule has 10 nitrogen and oxygen atoms in total. The average Bonchev–Trinajstić information content (AvgIpc) is 3.55. The van der Waals surface area contributed by atoms with E-state index >= 15 is 0 Å². The number of ether oxygens (including phenoxy) is 2. The van der Waals surface area contributed by atoms with Gasteiger partial charge in [0.2, 0.25) is 11.8 Å². The Morgan fingerprint density at radius 3 is 2.49 bits per heavy atom. The van der Waals surface area contributed by atoms with Crippen LogP contribution in [0.1, 0.15) is 42.1 Å². The number of aromatic nitrogens is 4. The summed E-state index contributed by atoms with van der Waals surface area (Å²) in [5, 5.41) is 11.2. The summed E-state index contributed by atoms with van der Waals surface area (Å²) in [5.41, 5.74) is 1.30. The Morgan fingerprint density at radius 2 is 1.81 bits per heavy atom. The molecule has 0 unspecified atom stereocenters. The van der Waals surface area contributed by atoms with Crippen molar-refractivity contribution in [2.45, 2.75) is 43.9 Å². The van der Waals surface area contributed by atoms with Gasteiger partial charge in [-0.15, -0.1) is 0 Å². The number of amides is 1. The maximum Gasteiger partial charge on any atom is 0.262 e. The van der Waals surface area contributed by atoms with Gasteiger partial charge in [-0.2, -0.15) is 10.1 Å². The highest BCUT2D eigenvalue weighted by molar-refractivity contribution is 6.40. The topological polar surface area (TPSA) is 106 Å². The fourth-order valence-electron chi connectivity index (χ4n) is 4.49. The lowest BCUT2D eigenvalue weighted by atomic mass is 10.0. The first-order chi connectivity index (χ1) is 18.0. The van der Waals surface area contributed by atoms with Gasteiger partial charge >= 0.3 is 0 Å². The molecule has 2 aliphatic heterocycles. The Kier molecular flexibility index (Phi) is 6.90. The minimum absolute atomic E-state index is 0.0401. The van der Waals surface area contributed by atoms with Crippen LogP contribution in [-0.2, 0) is 4.74 Å². The van der Waals surface area contributed by atoms with Crippen molar-refractivity contribution in [2.75, 3.05) is 36.9 Å². The number of rotatable bonds is 8. The van der Waals surface area contributed by atoms with Crippen molar-refractivity contribution in [1.29, 1.82) is 0 Å². The molecule has 2 N–H and O–H groups in total. The summed E-state index contributed by atoms with van der Waals surface area (Å²) in [6, 6.07) is 5.94. The smallest absolute Gasteiger partial charge is 0.262 e. The predicted octanol–water partition coefficient (Wildman–Crippen LogP) is 4.55. The van der Waals surface area contributed by atoms with Crippen molar-refractivity contribution in [1.82, 2.24) is 24.6 Å². The van der Waals surface area contributed by atoms with E-state index in [-0.39, 0.29) is 17.5 Å². The number of benzene rings is 1. The Balaban J connectivity index is 1.14. The van der Waals surface area contributed by atoms with Gasteiger partial charge in [-0.3, -0.25) is 14.4 Å². The first kappa shape index (κ1) is 24.4. The first-order valence-corrected chi connectivity index (χ1v) is 13.2. The second kappa shape index (κ2) is 10.4. The average molecular weight is 544 g/mol. The standard InChI is InChI=1S/C25H27Cl2N7O3/c26-20-2-1-3-21(27)22(20)31-23(35)19-11-28-25(32-24(19)37-18-4-5-18)30-15-10-29-34(12-15)16-6-8-33(9-7-16)17-13-36-14-17/h1-3,10-12,16-18H,4-9,13-14H2,(H,31,35)(H,28,30,32). The summed E-state index contributed by atoms with van der Waals surface area (Å²) in [6.07, 6.45) is 9.15. The summed E-state index contributed by atoms with van der Waals surface area (Å²) >= 11 is 12.4. The highest BCUT2D eigenvalue weighted by Gasteiger charge is 2.31. The maximum atomic E-state index is 13.0. The number of carbonyl (C=O) groups excluding carboxylic acids is 1. The predicted molar refractivity (Wildman–Crippen MR) is 140 cm³/mol. The van der Waals surface area contributed by atoms with Gasteiger partial charge < -0.3 is 20.1 Å². The van der Waals surface area contributed by atoms with Crippen molar-refractivity contribution in [2.24, 2.45) is 0 Å². The number of piperidine rings is 1. The van der Waals surface area contributed by atoms with Crippen LogP contribution < -0.4 is 15.4 Å². The molecule has 0 spiro atoms. The highest BCUT2D eigenvalue weighted by Crippen LogP contribution is 2.33. The number of likely N-dealkylation sites (tertiary alicyclic amines) is 1. The Hall–Kier alpha value is -2.92. The molecule has 0 atom stereocenters. The molecule has 12 heteroatoms. The van der Waals surface area contributed by atoms with E-state index in [1.54, 1.807) is 24.4 Å². The first-order valence-electron chi connectivity index (χ1n) is 12.5. The Labute approximate surface area is 224 Å². The lowest BCUT2D eigenvalue weighted by Gasteiger charge is -2.41. The van der Waals surface area contributed by atoms with Crippen molar-refractivity contribution < 1.29 is 14.3 Å². The van der Waals surface area contributed by atoms with Crippen molar-refractivity contribution in [3.05, 3.63) is 52.4 Å². The maximum absolute atomic E-state index is 13.0. The molecule has 6 rings (SSSR count). The third kappa shape index (κ3) is 5.52. The zero-order valence-electron chi connectivity index (χ0n) is 20.1. The molecule has 2 saturated heterocycles. The van der Waals surface area contributed by atoms with E-state index in [1.807, 2.05) is 10.9 Å². The molecule has 3 fully saturated rings. The third-order valence-corrected chi connectivity index (χ3v) is 7.50. The quantitative estimate of drug-likeness (QED) is 0.426. The molecule has 37 heavy (non-hydrogen) atoms. The SMILES string of the molecule is O=C(Nc1c(Cl)cccc1Cl)c1cnc(Nc2cnn(C3CCN(C4COC4)CC3)c2)nc1OC1CC1. The van der Waals surface area contributed by atoms with Crippen molar-refractivity contribution in [3.63, 3.8) is 0 Å². The molecule has 194 valence electrons. The van der Waals surface area contributed by atoms with Crippen LogP contribution >= 0.6 is 23.2 Å². The van der Waals surface area contributed by atoms with Crippen LogP contribution in [0.4, 0.5) is 17.3 Å². The van der Waals surface area contributed by atoms with Crippen LogP contribution in [0.5, 0.6) is 5.88 Å². The molecule has 1 aliphatic carbocycles. The molecule has 1 saturated carbocycles. The number of hydrogen-bond acceptors (Lipinski definition) is 8. The number of halogens is 2. The van der Waals surface area contributed by atoms with E-state index in [2.05, 4.69) is 30.6 Å². The van der Waals surface area contributed by atoms with Gasteiger partial charge in [-0.05, 0) is 37.8 Å². The molecule has 1 amide bonds. The van der Waals surface area contributed by atoms with E-state index in [9.17, 15) is 4.79 Å². The van der Waals surface area contributed by atoms with Crippen LogP contribution in [-0.4, -0.2) is 69.0 Å². The summed E-state index contributed by atoms with van der Waals surface area (Å²) in [4.78, 5) is 24.4. The Bertz CT molecular complexity index is 1270. The second-order valence-electron chi connectivity index (χ2n) is 9.57. The van der Waals surface area contributed by atoms with Crippen LogP contribution in [0, 0.1) is 0 Å². The number of nitrogens with zero attached hydrogens (tertiary/aromatic N) is 5. The van der Waals surface area contributed by atoms with Crippen molar-refractivity contribution in [3.8, 4) is 5.88 Å². The number of hydrogen-bond donors (Lipinski definition) is 2. The summed E-state index contributed by atoms with van der Waals surface area (Å²) in [6.45, 7) is 3.80. The normalized spacial score (nSPS) is 18.9. The lowest BCUT2D eigenvalue weighted by Crippen LogP contribution is -2.51. The molecule has 0 bridgehead atoms. The highest BCUT2D eigenvalue weighted by atomic mass is 35.5. The van der Waals surface area contributed by atoms with E-state index in [0.717, 1.165) is 57.7 Å². The van der Waals surface area contributed by atoms with E-state index < -0.39 is 5.91 Å². The molecule has 4 heterocycles. The molecule has 3 aliphatic rings. The van der Waals surface area contributed by atoms with Crippen LogP contribution in [0.3, 0.4) is 0 Å². The molecule has 0 radical (unpaired) electrons. The summed E-state index contributed by atoms with van der Waals surface area (Å²) < 4.78 is 13.3. The largest absolute Gasteiger partial charge is 0.474 e. The van der Waals surface area contributed by atoms with Gasteiger partial charge in [-0.1, -0.05) is 29.3 Å². The molecular formula is C25H27Cl2N7O3. The minimum Gasteiger partial charge on any atom is -0.474 e. The van der Waals surface area contributed by atoms with Gasteiger partial charge in [0.05, 0.1) is 52.9 Å². The second-order valence-corrected chi connectivity index (χ2v) is 10.4. The molecule has 3 aromatic rings. The van der Waals surface area contributed by atoms with Crippen LogP contribution in [0.15, 0.2) is 36.8 Å². The number of nitrogens with one attached hydrogen (secondary N) is 2. The van der Waals surface area contributed by atoms with Gasteiger partial charge in [0.1, 0.15) is 11.7 Å². The van der Waals surface area contributed by atoms with Gasteiger partial charge in [-0.25, -0.2) is 4.98 Å². The van der Waals surface area contributed by atoms with Gasteiger partial charge in [0.15, 0.2) is 0 Å². The zero-order valence-corrected chi connectivity index (χ0v) is 21.6. The fraction of sp³-hybridized carbons (Fsp3) is 0.440. The summed E-state index contributed by atoms with van der Waals surface area (Å²) in [5.74, 6) is 0.0765. The van der Waals surface area contributed by atoms with E-state index in [1.165, 1.54) is 6.20 Å². The Morgan fingerprint density at radius 1 is 1.05 bits per heavy atom. The van der Waals surface area contributed by atoms with Gasteiger partial charge in [0, 0.05) is 25.5 Å². The van der Waals surface area contributed by atoms with E-state index in [0.29, 0.717) is 33.8 Å². The number of carbonyl (C=O) groups is 1.